The summed E-state index contributed by atoms with van der Waals surface area (Å²) >= 11 is 0. The molecule has 4 heteroatoms. The second-order valence-electron chi connectivity index (χ2n) is 3.93. The molecule has 19 heavy (non-hydrogen) atoms. The van der Waals surface area contributed by atoms with Crippen molar-refractivity contribution in [3.63, 3.8) is 0 Å². The Kier molecular flexibility index (Phi) is 5.60. The fourth-order valence-electron chi connectivity index (χ4n) is 1.48. The van der Waals surface area contributed by atoms with Crippen molar-refractivity contribution in [1.29, 1.82) is 5.26 Å². The predicted octanol–water partition coefficient (Wildman–Crippen LogP) is 1.74. The topological polar surface area (TPSA) is 70.3 Å². The maximum absolute atomic E-state index is 11.3. The van der Waals surface area contributed by atoms with Crippen LogP contribution in [-0.4, -0.2) is 24.3 Å². The van der Waals surface area contributed by atoms with Crippen LogP contribution in [0, 0.1) is 29.1 Å². The van der Waals surface area contributed by atoms with Crippen LogP contribution in [0.1, 0.15) is 29.3 Å². The van der Waals surface area contributed by atoms with Crippen LogP contribution in [0.15, 0.2) is 24.3 Å². The molecule has 4 nitrogen and oxygen atoms in total. The third-order valence-electron chi connectivity index (χ3n) is 2.63. The lowest BCUT2D eigenvalue weighted by Gasteiger charge is -2.07. The van der Waals surface area contributed by atoms with Gasteiger partial charge in [-0.25, -0.2) is 4.79 Å². The van der Waals surface area contributed by atoms with Crippen molar-refractivity contribution in [3.05, 3.63) is 35.4 Å². The minimum Gasteiger partial charge on any atom is -0.465 e. The summed E-state index contributed by atoms with van der Waals surface area (Å²) in [6.45, 7) is 1.82. The van der Waals surface area contributed by atoms with E-state index in [0.717, 1.165) is 0 Å². The van der Waals surface area contributed by atoms with Gasteiger partial charge in [0.1, 0.15) is 6.10 Å². The number of carbonyl (C=O) groups excluding carboxylic acids is 1. The SMILES string of the molecule is CCC(C#N)C(O)C#Cc1cccc(C(=O)OC)c1. The highest BCUT2D eigenvalue weighted by Crippen LogP contribution is 2.08. The van der Waals surface area contributed by atoms with Crippen molar-refractivity contribution < 1.29 is 14.6 Å². The Labute approximate surface area is 112 Å². The van der Waals surface area contributed by atoms with Crippen molar-refractivity contribution in [1.82, 2.24) is 0 Å². The molecule has 1 aromatic carbocycles. The molecule has 0 aliphatic rings. The monoisotopic (exact) mass is 257 g/mol. The molecule has 0 spiro atoms. The Morgan fingerprint density at radius 3 is 2.84 bits per heavy atom. The quantitative estimate of drug-likeness (QED) is 0.661. The third-order valence-corrected chi connectivity index (χ3v) is 2.63. The first-order valence-corrected chi connectivity index (χ1v) is 5.90. The predicted molar refractivity (Wildman–Crippen MR) is 70.1 cm³/mol. The van der Waals surface area contributed by atoms with Crippen LogP contribution in [0.5, 0.6) is 0 Å². The van der Waals surface area contributed by atoms with Gasteiger partial charge in [0, 0.05) is 5.56 Å². The summed E-state index contributed by atoms with van der Waals surface area (Å²) in [5.74, 6) is 4.43. The van der Waals surface area contributed by atoms with Gasteiger partial charge in [0.25, 0.3) is 0 Å². The van der Waals surface area contributed by atoms with E-state index in [1.807, 2.05) is 13.0 Å². The van der Waals surface area contributed by atoms with Crippen LogP contribution in [0.25, 0.3) is 0 Å². The lowest BCUT2D eigenvalue weighted by Crippen LogP contribution is -2.15. The Morgan fingerprint density at radius 1 is 1.53 bits per heavy atom. The second kappa shape index (κ2) is 7.20. The van der Waals surface area contributed by atoms with E-state index in [1.165, 1.54) is 7.11 Å². The standard InChI is InChI=1S/C15H15NO3/c1-3-12(10-16)14(17)8-7-11-5-4-6-13(9-11)15(18)19-2/h4-6,9,12,14,17H,3H2,1-2H3. The average Bonchev–Trinajstić information content (AvgIpc) is 2.45. The van der Waals surface area contributed by atoms with Gasteiger partial charge >= 0.3 is 5.97 Å². The number of esters is 1. The number of methoxy groups -OCH3 is 1. The summed E-state index contributed by atoms with van der Waals surface area (Å²) in [5.41, 5.74) is 0.992. The van der Waals surface area contributed by atoms with E-state index >= 15 is 0 Å². The van der Waals surface area contributed by atoms with Crippen molar-refractivity contribution in [3.8, 4) is 17.9 Å². The van der Waals surface area contributed by atoms with E-state index in [-0.39, 0.29) is 0 Å². The molecule has 0 aliphatic heterocycles. The molecule has 0 saturated carbocycles. The first kappa shape index (κ1) is 14.8. The van der Waals surface area contributed by atoms with Crippen LogP contribution in [0.2, 0.25) is 0 Å². The average molecular weight is 257 g/mol. The van der Waals surface area contributed by atoms with E-state index in [1.54, 1.807) is 24.3 Å². The number of carbonyl (C=O) groups is 1. The minimum atomic E-state index is -0.989. The van der Waals surface area contributed by atoms with Crippen LogP contribution in [0.4, 0.5) is 0 Å². The summed E-state index contributed by atoms with van der Waals surface area (Å²) in [6.07, 6.45) is -0.453. The molecule has 2 atom stereocenters. The molecule has 0 radical (unpaired) electrons. The number of hydrogen-bond acceptors (Lipinski definition) is 4. The number of benzene rings is 1. The molecule has 2 unspecified atom stereocenters. The summed E-state index contributed by atoms with van der Waals surface area (Å²) in [7, 11) is 1.31. The number of nitriles is 1. The van der Waals surface area contributed by atoms with Gasteiger partial charge in [-0.05, 0) is 24.6 Å². The van der Waals surface area contributed by atoms with Gasteiger partial charge in [-0.1, -0.05) is 24.8 Å². The van der Waals surface area contributed by atoms with Gasteiger partial charge < -0.3 is 9.84 Å². The fourth-order valence-corrected chi connectivity index (χ4v) is 1.48. The summed E-state index contributed by atoms with van der Waals surface area (Å²) < 4.78 is 4.61. The van der Waals surface area contributed by atoms with Gasteiger partial charge in [-0.3, -0.25) is 0 Å². The largest absolute Gasteiger partial charge is 0.465 e. The van der Waals surface area contributed by atoms with E-state index < -0.39 is 18.0 Å². The van der Waals surface area contributed by atoms with Gasteiger partial charge in [0.2, 0.25) is 0 Å². The summed E-state index contributed by atoms with van der Waals surface area (Å²) in [6, 6.07) is 8.61. The lowest BCUT2D eigenvalue weighted by atomic mass is 10.0. The third kappa shape index (κ3) is 4.13. The molecule has 0 amide bonds. The second-order valence-corrected chi connectivity index (χ2v) is 3.93. The van der Waals surface area contributed by atoms with Crippen LogP contribution < -0.4 is 0 Å². The van der Waals surface area contributed by atoms with Crippen molar-refractivity contribution in [2.75, 3.05) is 7.11 Å². The molecule has 0 bridgehead atoms. The molecule has 0 aliphatic carbocycles. The van der Waals surface area contributed by atoms with E-state index in [4.69, 9.17) is 5.26 Å². The van der Waals surface area contributed by atoms with E-state index in [2.05, 4.69) is 16.6 Å². The van der Waals surface area contributed by atoms with Gasteiger partial charge in [0.15, 0.2) is 0 Å². The Bertz CT molecular complexity index is 548. The normalized spacial score (nSPS) is 12.5. The molecule has 98 valence electrons. The van der Waals surface area contributed by atoms with Crippen LogP contribution in [0.3, 0.4) is 0 Å². The zero-order chi connectivity index (χ0) is 14.3. The number of rotatable bonds is 3. The summed E-state index contributed by atoms with van der Waals surface area (Å²) in [4.78, 5) is 11.3. The number of aliphatic hydroxyl groups excluding tert-OH is 1. The maximum Gasteiger partial charge on any atom is 0.337 e. The smallest absolute Gasteiger partial charge is 0.337 e. The Balaban J connectivity index is 2.90. The van der Waals surface area contributed by atoms with Gasteiger partial charge in [-0.2, -0.15) is 5.26 Å². The Morgan fingerprint density at radius 2 is 2.26 bits per heavy atom. The molecule has 1 N–H and O–H groups in total. The maximum atomic E-state index is 11.3. The molecular weight excluding hydrogens is 242 g/mol. The van der Waals surface area contributed by atoms with Gasteiger partial charge in [0.05, 0.1) is 24.7 Å². The molecule has 0 fully saturated rings. The number of aliphatic hydroxyl groups is 1. The molecule has 1 rings (SSSR count). The number of ether oxygens (including phenoxy) is 1. The molecule has 0 heterocycles. The first-order valence-electron chi connectivity index (χ1n) is 5.90. The first-order chi connectivity index (χ1) is 9.12. The zero-order valence-corrected chi connectivity index (χ0v) is 10.9. The lowest BCUT2D eigenvalue weighted by molar-refractivity contribution is 0.0600. The number of hydrogen-bond donors (Lipinski definition) is 1. The molecule has 0 saturated heterocycles. The van der Waals surface area contributed by atoms with E-state index in [0.29, 0.717) is 17.5 Å². The van der Waals surface area contributed by atoms with Crippen molar-refractivity contribution in [2.45, 2.75) is 19.4 Å². The highest BCUT2D eigenvalue weighted by atomic mass is 16.5. The highest BCUT2D eigenvalue weighted by Gasteiger charge is 2.13. The minimum absolute atomic E-state index is 0.399. The molecule has 1 aromatic rings. The van der Waals surface area contributed by atoms with Crippen molar-refractivity contribution >= 4 is 5.97 Å². The number of nitrogens with zero attached hydrogens (tertiary/aromatic N) is 1. The van der Waals surface area contributed by atoms with Gasteiger partial charge in [-0.15, -0.1) is 0 Å². The van der Waals surface area contributed by atoms with Crippen LogP contribution in [-0.2, 0) is 4.74 Å². The van der Waals surface area contributed by atoms with Crippen molar-refractivity contribution in [2.24, 2.45) is 5.92 Å². The summed E-state index contributed by atoms with van der Waals surface area (Å²) in [5, 5.41) is 18.5. The zero-order valence-electron chi connectivity index (χ0n) is 10.9. The van der Waals surface area contributed by atoms with E-state index in [9.17, 15) is 9.90 Å². The Hall–Kier alpha value is -2.30. The highest BCUT2D eigenvalue weighted by molar-refractivity contribution is 5.89. The molecule has 0 aromatic heterocycles. The fraction of sp³-hybridized carbons (Fsp3) is 0.333. The molecular formula is C15H15NO3. The van der Waals surface area contributed by atoms with Crippen LogP contribution >= 0.6 is 0 Å².